The second kappa shape index (κ2) is 5.62. The van der Waals surface area contributed by atoms with Gasteiger partial charge in [-0.2, -0.15) is 0 Å². The molecule has 6 heteroatoms. The number of thioether (sulfide) groups is 1. The Hall–Kier alpha value is -2.21. The van der Waals surface area contributed by atoms with Gasteiger partial charge in [-0.25, -0.2) is 9.97 Å². The van der Waals surface area contributed by atoms with Crippen molar-refractivity contribution in [3.05, 3.63) is 40.8 Å². The lowest BCUT2D eigenvalue weighted by atomic mass is 10.1. The minimum atomic E-state index is -0.313. The van der Waals surface area contributed by atoms with Crippen LogP contribution in [-0.2, 0) is 0 Å². The van der Waals surface area contributed by atoms with Crippen molar-refractivity contribution in [2.75, 3.05) is 6.26 Å². The van der Waals surface area contributed by atoms with Crippen molar-refractivity contribution in [3.8, 4) is 11.4 Å². The number of H-pyrrole nitrogens is 1. The number of hydrogen-bond acceptors (Lipinski definition) is 5. The summed E-state index contributed by atoms with van der Waals surface area (Å²) >= 11 is 1.44. The number of pyridine rings is 1. The first-order valence-electron chi connectivity index (χ1n) is 5.43. The molecule has 0 radical (unpaired) electrons. The molecule has 2 heterocycles. The average molecular weight is 272 g/mol. The first-order valence-corrected chi connectivity index (χ1v) is 6.66. The average Bonchev–Trinajstić information content (AvgIpc) is 2.46. The van der Waals surface area contributed by atoms with Gasteiger partial charge >= 0.3 is 0 Å². The zero-order valence-electron chi connectivity index (χ0n) is 10.4. The molecular formula is C13H12N4OS. The van der Waals surface area contributed by atoms with Gasteiger partial charge in [-0.05, 0) is 25.1 Å². The van der Waals surface area contributed by atoms with Crippen molar-refractivity contribution in [3.63, 3.8) is 0 Å². The van der Waals surface area contributed by atoms with Crippen molar-refractivity contribution in [2.24, 2.45) is 4.99 Å². The zero-order chi connectivity index (χ0) is 13.8. The molecule has 0 aromatic carbocycles. The molecule has 0 bridgehead atoms. The van der Waals surface area contributed by atoms with Crippen LogP contribution in [0.4, 0.5) is 5.69 Å². The molecule has 0 fully saturated rings. The highest BCUT2D eigenvalue weighted by Crippen LogP contribution is 2.21. The Morgan fingerprint density at radius 3 is 2.95 bits per heavy atom. The van der Waals surface area contributed by atoms with E-state index in [1.54, 1.807) is 24.4 Å². The van der Waals surface area contributed by atoms with Gasteiger partial charge in [-0.15, -0.1) is 0 Å². The Balaban J connectivity index is 2.63. The molecule has 0 aliphatic heterocycles. The second-order valence-electron chi connectivity index (χ2n) is 3.61. The number of rotatable bonds is 4. The van der Waals surface area contributed by atoms with Gasteiger partial charge in [0.25, 0.3) is 5.56 Å². The van der Waals surface area contributed by atoms with Gasteiger partial charge in [0, 0.05) is 11.8 Å². The van der Waals surface area contributed by atoms with E-state index in [2.05, 4.69) is 33.2 Å². The van der Waals surface area contributed by atoms with Gasteiger partial charge < -0.3 is 4.98 Å². The van der Waals surface area contributed by atoms with Crippen LogP contribution in [0.3, 0.4) is 0 Å². The summed E-state index contributed by atoms with van der Waals surface area (Å²) in [5.41, 5.74) is 1.82. The fraction of sp³-hybridized carbons (Fsp3) is 0.0769. The summed E-state index contributed by atoms with van der Waals surface area (Å²) in [5, 5.41) is 0.643. The molecule has 1 N–H and O–H groups in total. The third-order valence-electron chi connectivity index (χ3n) is 2.51. The lowest BCUT2D eigenvalue weighted by Gasteiger charge is -2.05. The lowest BCUT2D eigenvalue weighted by molar-refractivity contribution is 0.969. The topological polar surface area (TPSA) is 71.0 Å². The fourth-order valence-corrected chi connectivity index (χ4v) is 1.97. The summed E-state index contributed by atoms with van der Waals surface area (Å²) in [4.78, 5) is 26.8. The predicted molar refractivity (Wildman–Crippen MR) is 79.2 cm³/mol. The van der Waals surface area contributed by atoms with E-state index in [0.717, 1.165) is 0 Å². The Labute approximate surface area is 114 Å². The van der Waals surface area contributed by atoms with E-state index in [9.17, 15) is 4.79 Å². The van der Waals surface area contributed by atoms with E-state index in [1.807, 2.05) is 6.26 Å². The van der Waals surface area contributed by atoms with Crippen molar-refractivity contribution >= 4 is 30.2 Å². The highest BCUT2D eigenvalue weighted by molar-refractivity contribution is 7.98. The van der Waals surface area contributed by atoms with Gasteiger partial charge in [0.1, 0.15) is 5.69 Å². The molecule has 0 amide bonds. The maximum Gasteiger partial charge on any atom is 0.274 e. The molecule has 19 heavy (non-hydrogen) atoms. The number of aromatic nitrogens is 3. The molecule has 0 aliphatic carbocycles. The normalized spacial score (nSPS) is 10.2. The summed E-state index contributed by atoms with van der Waals surface area (Å²) < 4.78 is 0. The van der Waals surface area contributed by atoms with Gasteiger partial charge in [-0.3, -0.25) is 9.79 Å². The second-order valence-corrected chi connectivity index (χ2v) is 4.38. The Kier molecular flexibility index (Phi) is 3.91. The molecule has 5 nitrogen and oxygen atoms in total. The van der Waals surface area contributed by atoms with Crippen LogP contribution in [-0.4, -0.2) is 27.9 Å². The minimum Gasteiger partial charge on any atom is -0.319 e. The fourth-order valence-electron chi connectivity index (χ4n) is 1.62. The minimum absolute atomic E-state index is 0.262. The van der Waals surface area contributed by atoms with Crippen LogP contribution in [0.25, 0.3) is 17.5 Å². The summed E-state index contributed by atoms with van der Waals surface area (Å²) in [7, 11) is 0. The van der Waals surface area contributed by atoms with Crippen LogP contribution < -0.4 is 5.56 Å². The maximum atomic E-state index is 11.9. The molecule has 0 aliphatic rings. The largest absolute Gasteiger partial charge is 0.319 e. The third-order valence-corrected chi connectivity index (χ3v) is 3.07. The van der Waals surface area contributed by atoms with Crippen molar-refractivity contribution in [2.45, 2.75) is 5.16 Å². The molecule has 2 aromatic heterocycles. The molecule has 2 aromatic rings. The van der Waals surface area contributed by atoms with Crippen LogP contribution >= 0.6 is 11.8 Å². The molecule has 0 saturated heterocycles. The number of nitrogens with zero attached hydrogens (tertiary/aromatic N) is 3. The van der Waals surface area contributed by atoms with Crippen LogP contribution in [0.2, 0.25) is 0 Å². The Morgan fingerprint density at radius 2 is 2.32 bits per heavy atom. The first kappa shape index (κ1) is 13.2. The monoisotopic (exact) mass is 272 g/mol. The first-order chi connectivity index (χ1) is 9.19. The van der Waals surface area contributed by atoms with Gasteiger partial charge in [0.15, 0.2) is 5.16 Å². The molecule has 0 atom stereocenters. The van der Waals surface area contributed by atoms with Crippen LogP contribution in [0, 0.1) is 0 Å². The summed E-state index contributed by atoms with van der Waals surface area (Å²) in [5.74, 6) is 0. The smallest absolute Gasteiger partial charge is 0.274 e. The molecular weight excluding hydrogens is 260 g/mol. The van der Waals surface area contributed by atoms with Crippen molar-refractivity contribution in [1.82, 2.24) is 15.0 Å². The molecule has 96 valence electrons. The quantitative estimate of drug-likeness (QED) is 0.527. The number of aromatic amines is 1. The molecule has 2 rings (SSSR count). The van der Waals surface area contributed by atoms with E-state index >= 15 is 0 Å². The van der Waals surface area contributed by atoms with E-state index in [4.69, 9.17) is 0 Å². The van der Waals surface area contributed by atoms with Crippen molar-refractivity contribution in [1.29, 1.82) is 0 Å². The van der Waals surface area contributed by atoms with E-state index in [1.165, 1.54) is 11.8 Å². The van der Waals surface area contributed by atoms with Gasteiger partial charge in [0.05, 0.1) is 11.4 Å². The predicted octanol–water partition coefficient (Wildman–Crippen LogP) is 2.53. The Morgan fingerprint density at radius 1 is 1.53 bits per heavy atom. The SMILES string of the molecule is C=Cc1cc(-c2ccnc(SC)n2)[nH]c(=O)c1N=C. The summed E-state index contributed by atoms with van der Waals surface area (Å²) in [6.45, 7) is 7.06. The summed E-state index contributed by atoms with van der Waals surface area (Å²) in [6, 6.07) is 3.50. The summed E-state index contributed by atoms with van der Waals surface area (Å²) in [6.07, 6.45) is 5.11. The lowest BCUT2D eigenvalue weighted by Crippen LogP contribution is -2.08. The maximum absolute atomic E-state index is 11.9. The molecule has 0 saturated carbocycles. The molecule has 0 unspecified atom stereocenters. The number of nitrogens with one attached hydrogen (secondary N) is 1. The highest BCUT2D eigenvalue weighted by atomic mass is 32.2. The molecule has 0 spiro atoms. The standard InChI is InChI=1S/C13H12N4OS/c1-4-8-7-10(16-12(18)11(8)14-2)9-5-6-15-13(17-9)19-3/h4-7H,1-2H2,3H3,(H,16,18). The van der Waals surface area contributed by atoms with E-state index in [0.29, 0.717) is 22.1 Å². The number of hydrogen-bond donors (Lipinski definition) is 1. The third kappa shape index (κ3) is 2.63. The van der Waals surface area contributed by atoms with Crippen LogP contribution in [0.5, 0.6) is 0 Å². The van der Waals surface area contributed by atoms with Crippen LogP contribution in [0.15, 0.2) is 39.9 Å². The van der Waals surface area contributed by atoms with E-state index in [-0.39, 0.29) is 11.2 Å². The van der Waals surface area contributed by atoms with Gasteiger partial charge in [-0.1, -0.05) is 24.4 Å². The van der Waals surface area contributed by atoms with E-state index < -0.39 is 0 Å². The zero-order valence-corrected chi connectivity index (χ0v) is 11.2. The Bertz CT molecular complexity index is 693. The highest BCUT2D eigenvalue weighted by Gasteiger charge is 2.09. The van der Waals surface area contributed by atoms with Crippen molar-refractivity contribution < 1.29 is 0 Å². The van der Waals surface area contributed by atoms with Gasteiger partial charge in [0.2, 0.25) is 0 Å². The van der Waals surface area contributed by atoms with Crippen LogP contribution in [0.1, 0.15) is 5.56 Å². The number of aliphatic imine (C=N–C) groups is 1.